The number of esters is 9. The molecule has 49 nitrogen and oxygen atoms in total. The van der Waals surface area contributed by atoms with Gasteiger partial charge in [-0.15, -0.1) is 0 Å². The molecule has 11 N–H and O–H groups in total. The zero-order valence-corrected chi connectivity index (χ0v) is 82.5. The van der Waals surface area contributed by atoms with Crippen molar-refractivity contribution in [3.05, 3.63) is 0 Å². The van der Waals surface area contributed by atoms with Gasteiger partial charge in [-0.25, -0.2) is 0 Å². The second-order valence-corrected chi connectivity index (χ2v) is 33.8. The van der Waals surface area contributed by atoms with Gasteiger partial charge in [0.25, 0.3) is 0 Å². The van der Waals surface area contributed by atoms with E-state index in [4.69, 9.17) is 90.4 Å². The molecule has 0 bridgehead atoms. The van der Waals surface area contributed by atoms with E-state index < -0.39 is 218 Å². The molecule has 9 unspecified atom stereocenters. The third kappa shape index (κ3) is 55.9. The van der Waals surface area contributed by atoms with Gasteiger partial charge in [0.1, 0.15) is 61.8 Å². The third-order valence-electron chi connectivity index (χ3n) is 21.0. The Kier molecular flexibility index (Phi) is 62.2. The Morgan fingerprint density at radius 3 is 0.729 bits per heavy atom. The van der Waals surface area contributed by atoms with E-state index in [2.05, 4.69) is 53.2 Å². The van der Waals surface area contributed by atoms with Crippen molar-refractivity contribution in [3.8, 4) is 0 Å². The molecule has 0 aromatic heterocycles. The van der Waals surface area contributed by atoms with E-state index in [0.717, 1.165) is 94.4 Å². The standard InChI is InChI=1S/C91H148N10O39/c1-56(102)98-79-85(135-65(10)111)82(132-62(7)108)68(50-129-59(4)105)138-88(79)126-44-24-21-30-71(114)92-38-27-41-95-74(117)35-47-123-53-91(101-77(120)33-19-17-15-13-14-16-18-20-34-78(121)122,54-124-48-36-75(118)96-42-28-39-93-72(115)31-22-25-45-127-89-80(99-57(2)103)86(136-66(11)112)83(133-63(8)109)69(139-89)51-130-60(5)106)55-125-49-37-76(119)97-43-29-40-94-73(116)32-23-26-46-128-90-81(100-58(3)104)87(137-67(12)113)84(134-64(9)110)70(140-90)52-131-61(6)107/h68-70,79-90H,13-55H2,1-12H3,(H,92,114)(H,93,115)(H,94,116)(H,95,117)(H,96,118)(H,97,119)(H,98,102)(H,99,103)(H,100,104)(H,101,120)(H,121,122)/t68?,69?,70?,79?,80?,81?,82-,83-,84-,85?,86?,87?,88-,89-,90-,91?/m1/s1. The molecule has 0 radical (unpaired) electrons. The summed E-state index contributed by atoms with van der Waals surface area (Å²) in [6.45, 7) is 12.0. The van der Waals surface area contributed by atoms with Crippen LogP contribution in [0, 0.1) is 0 Å². The molecule has 3 rings (SSSR count). The van der Waals surface area contributed by atoms with E-state index in [9.17, 15) is 95.9 Å². The summed E-state index contributed by atoms with van der Waals surface area (Å²) in [6, 6.07) is -3.53. The van der Waals surface area contributed by atoms with Crippen LogP contribution in [0.2, 0.25) is 0 Å². The lowest BCUT2D eigenvalue weighted by Crippen LogP contribution is -2.66. The van der Waals surface area contributed by atoms with Gasteiger partial charge in [-0.2, -0.15) is 0 Å². The fraction of sp³-hybridized carbons (Fsp3) is 0.780. The van der Waals surface area contributed by atoms with Crippen LogP contribution >= 0.6 is 0 Å². The summed E-state index contributed by atoms with van der Waals surface area (Å²) in [7, 11) is 0. The van der Waals surface area contributed by atoms with Crippen molar-refractivity contribution in [2.75, 3.05) is 119 Å². The Labute approximate surface area is 814 Å². The highest BCUT2D eigenvalue weighted by Gasteiger charge is 2.55. The lowest BCUT2D eigenvalue weighted by atomic mass is 9.96. The van der Waals surface area contributed by atoms with Crippen molar-refractivity contribution in [3.63, 3.8) is 0 Å². The van der Waals surface area contributed by atoms with Crippen LogP contribution in [0.5, 0.6) is 0 Å². The largest absolute Gasteiger partial charge is 0.481 e. The minimum absolute atomic E-state index is 0.0172. The number of unbranched alkanes of at least 4 members (excludes halogenated alkanes) is 10. The molecule has 3 fully saturated rings. The Bertz CT molecular complexity index is 3570. The monoisotopic (exact) mass is 2000 g/mol. The molecule has 10 amide bonds. The van der Waals surface area contributed by atoms with Gasteiger partial charge in [0.2, 0.25) is 59.1 Å². The fourth-order valence-corrected chi connectivity index (χ4v) is 14.7. The Balaban J connectivity index is 1.67. The number of hydrogen-bond acceptors (Lipinski definition) is 38. The lowest BCUT2D eigenvalue weighted by molar-refractivity contribution is -0.277. The molecule has 140 heavy (non-hydrogen) atoms. The average Bonchev–Trinajstić information content (AvgIpc) is 0.796. The quantitative estimate of drug-likeness (QED) is 0.0224. The Morgan fingerprint density at radius 2 is 0.486 bits per heavy atom. The van der Waals surface area contributed by atoms with Crippen LogP contribution in [-0.2, 0) is 181 Å². The summed E-state index contributed by atoms with van der Waals surface area (Å²) in [5, 5.41) is 36.6. The van der Waals surface area contributed by atoms with Gasteiger partial charge in [0, 0.05) is 194 Å². The molecule has 796 valence electrons. The molecule has 15 atom stereocenters. The molecule has 3 heterocycles. The van der Waals surface area contributed by atoms with Crippen molar-refractivity contribution < 1.29 is 186 Å². The number of rotatable bonds is 72. The average molecular weight is 2010 g/mol. The summed E-state index contributed by atoms with van der Waals surface area (Å²) in [5.41, 5.74) is -1.49. The fourth-order valence-electron chi connectivity index (χ4n) is 14.7. The van der Waals surface area contributed by atoms with E-state index in [1.54, 1.807) is 0 Å². The zero-order chi connectivity index (χ0) is 104. The molecule has 49 heteroatoms. The van der Waals surface area contributed by atoms with E-state index in [1.165, 1.54) is 20.8 Å². The van der Waals surface area contributed by atoms with Crippen LogP contribution in [0.4, 0.5) is 0 Å². The van der Waals surface area contributed by atoms with Crippen LogP contribution in [0.25, 0.3) is 0 Å². The molecular weight excluding hydrogens is 1860 g/mol. The number of amides is 10. The molecule has 0 saturated carbocycles. The SMILES string of the molecule is CC(=O)NC1C(OC(C)=O)[C@H](OC(C)=O)C(COC(C)=O)O[C@H]1OCCCCC(=O)NCCCNC(=O)CCOCC(COCCC(=O)NCCCNC(=O)CCCCO[C@@H]1OC(COC(C)=O)[C@@H](OC(C)=O)C(OC(C)=O)C1NC(C)=O)(COCCC(=O)NCCCNC(=O)CCCCO[C@@H]1OC(COC(C)=O)[C@@H](OC(C)=O)C(OC(C)=O)C1NC(C)=O)NC(=O)CCCCCCCCCCC(=O)O. The first-order chi connectivity index (χ1) is 66.6. The van der Waals surface area contributed by atoms with Crippen molar-refractivity contribution >= 4 is 119 Å². The zero-order valence-electron chi connectivity index (χ0n) is 82.5. The molecule has 0 aromatic rings. The van der Waals surface area contributed by atoms with E-state index in [1.807, 2.05) is 0 Å². The first kappa shape index (κ1) is 123. The number of carboxylic acid groups (broad SMARTS) is 1. The van der Waals surface area contributed by atoms with Gasteiger partial charge in [0.15, 0.2) is 55.5 Å². The third-order valence-corrected chi connectivity index (χ3v) is 21.0. The number of carboxylic acids is 1. The predicted molar refractivity (Wildman–Crippen MR) is 484 cm³/mol. The van der Waals surface area contributed by atoms with Crippen LogP contribution in [0.1, 0.15) is 244 Å². The second kappa shape index (κ2) is 70.6. The number of carbonyl (C=O) groups is 20. The maximum absolute atomic E-state index is 14.1. The minimum Gasteiger partial charge on any atom is -0.481 e. The van der Waals surface area contributed by atoms with Gasteiger partial charge >= 0.3 is 59.7 Å². The molecule has 0 aromatic carbocycles. The van der Waals surface area contributed by atoms with Gasteiger partial charge in [-0.05, 0) is 70.6 Å². The topological polar surface area (TPSA) is 648 Å². The van der Waals surface area contributed by atoms with Gasteiger partial charge < -0.3 is 144 Å². The van der Waals surface area contributed by atoms with Crippen molar-refractivity contribution in [1.29, 1.82) is 0 Å². The van der Waals surface area contributed by atoms with Crippen LogP contribution in [0.15, 0.2) is 0 Å². The summed E-state index contributed by atoms with van der Waals surface area (Å²) < 4.78 is 103. The summed E-state index contributed by atoms with van der Waals surface area (Å²) in [5.74, 6) is -11.8. The molecule has 3 aliphatic heterocycles. The number of carbonyl (C=O) groups excluding carboxylic acids is 19. The minimum atomic E-state index is -1.49. The summed E-state index contributed by atoms with van der Waals surface area (Å²) in [6.07, 6.45) is -6.54. The van der Waals surface area contributed by atoms with Gasteiger partial charge in [0.05, 0.1) is 39.6 Å². The number of hydrogen-bond donors (Lipinski definition) is 11. The normalized spacial score (nSPS) is 21.2. The summed E-state index contributed by atoms with van der Waals surface area (Å²) >= 11 is 0. The van der Waals surface area contributed by atoms with E-state index in [-0.39, 0.29) is 168 Å². The molecule has 0 aliphatic carbocycles. The van der Waals surface area contributed by atoms with E-state index >= 15 is 0 Å². The van der Waals surface area contributed by atoms with Crippen LogP contribution in [0.3, 0.4) is 0 Å². The molecule has 0 spiro atoms. The van der Waals surface area contributed by atoms with Crippen molar-refractivity contribution in [2.24, 2.45) is 0 Å². The first-order valence-electron chi connectivity index (χ1n) is 47.5. The number of ether oxygens (including phenoxy) is 18. The summed E-state index contributed by atoms with van der Waals surface area (Å²) in [4.78, 5) is 249. The Morgan fingerprint density at radius 1 is 0.257 bits per heavy atom. The van der Waals surface area contributed by atoms with Crippen molar-refractivity contribution in [2.45, 2.75) is 341 Å². The molecular formula is C91H148N10O39. The van der Waals surface area contributed by atoms with E-state index in [0.29, 0.717) is 77.0 Å². The molecule has 3 saturated heterocycles. The lowest BCUT2D eigenvalue weighted by Gasteiger charge is -2.44. The highest BCUT2D eigenvalue weighted by atomic mass is 16.7. The highest BCUT2D eigenvalue weighted by molar-refractivity contribution is 5.80. The Hall–Kier alpha value is -11.0. The van der Waals surface area contributed by atoms with Gasteiger partial charge in [-0.3, -0.25) is 95.9 Å². The number of aliphatic carboxylic acids is 1. The predicted octanol–water partition coefficient (Wildman–Crippen LogP) is 0.444. The maximum atomic E-state index is 14.1. The first-order valence-corrected chi connectivity index (χ1v) is 47.5. The highest BCUT2D eigenvalue weighted by Crippen LogP contribution is 2.32. The smallest absolute Gasteiger partial charge is 0.303 e. The second-order valence-electron chi connectivity index (χ2n) is 33.8. The molecule has 3 aliphatic rings. The van der Waals surface area contributed by atoms with Crippen molar-refractivity contribution in [1.82, 2.24) is 53.2 Å². The number of nitrogens with one attached hydrogen (secondary N) is 10. The van der Waals surface area contributed by atoms with Gasteiger partial charge in [-0.1, -0.05) is 38.5 Å². The van der Waals surface area contributed by atoms with Crippen LogP contribution in [-0.4, -0.2) is 340 Å². The maximum Gasteiger partial charge on any atom is 0.303 e. The van der Waals surface area contributed by atoms with Crippen LogP contribution < -0.4 is 53.2 Å².